The molecule has 1 aromatic rings. The maximum Gasteiger partial charge on any atom is 0.573 e. The van der Waals surface area contributed by atoms with Gasteiger partial charge in [-0.1, -0.05) is 13.0 Å². The number of halogens is 3. The predicted molar refractivity (Wildman–Crippen MR) is 59.5 cm³/mol. The molecule has 0 fully saturated rings. The minimum Gasteiger partial charge on any atom is -0.405 e. The summed E-state index contributed by atoms with van der Waals surface area (Å²) in [4.78, 5) is 11.7. The molecule has 17 heavy (non-hydrogen) atoms. The highest BCUT2D eigenvalue weighted by Gasteiger charge is 2.32. The van der Waals surface area contributed by atoms with Crippen molar-refractivity contribution in [2.24, 2.45) is 0 Å². The third-order valence-electron chi connectivity index (χ3n) is 2.03. The third kappa shape index (κ3) is 3.96. The lowest BCUT2D eigenvalue weighted by Gasteiger charge is -2.13. The molecule has 0 spiro atoms. The number of carbonyl (C=O) groups is 1. The van der Waals surface area contributed by atoms with Gasteiger partial charge in [0.15, 0.2) is 5.78 Å². The number of hydrogen-bond acceptors (Lipinski definition) is 3. The molecule has 0 saturated heterocycles. The van der Waals surface area contributed by atoms with Crippen LogP contribution in [0.4, 0.5) is 13.2 Å². The van der Waals surface area contributed by atoms with E-state index in [4.69, 9.17) is 0 Å². The third-order valence-corrected chi connectivity index (χ3v) is 2.81. The van der Waals surface area contributed by atoms with Gasteiger partial charge in [-0.25, -0.2) is 0 Å². The first-order valence-corrected chi connectivity index (χ1v) is 6.07. The average Bonchev–Trinajstić information content (AvgIpc) is 2.25. The van der Waals surface area contributed by atoms with Gasteiger partial charge in [-0.15, -0.1) is 24.9 Å². The van der Waals surface area contributed by atoms with E-state index in [1.165, 1.54) is 12.1 Å². The summed E-state index contributed by atoms with van der Waals surface area (Å²) >= 11 is 1.13. The van der Waals surface area contributed by atoms with Crippen LogP contribution in [0.5, 0.6) is 5.75 Å². The van der Waals surface area contributed by atoms with Crippen molar-refractivity contribution in [2.45, 2.75) is 24.6 Å². The monoisotopic (exact) mass is 264 g/mol. The van der Waals surface area contributed by atoms with Crippen molar-refractivity contribution in [3.8, 4) is 5.75 Å². The van der Waals surface area contributed by atoms with Gasteiger partial charge in [0, 0.05) is 16.9 Å². The lowest BCUT2D eigenvalue weighted by molar-refractivity contribution is -0.275. The number of Topliss-reactive ketones (excluding diaryl/α,β-unsaturated/α-hetero) is 1. The number of alkyl halides is 3. The van der Waals surface area contributed by atoms with Gasteiger partial charge in [0.2, 0.25) is 0 Å². The minimum absolute atomic E-state index is 0.218. The van der Waals surface area contributed by atoms with Crippen LogP contribution in [0.2, 0.25) is 0 Å². The number of benzene rings is 1. The summed E-state index contributed by atoms with van der Waals surface area (Å²) in [6, 6.07) is 4.08. The van der Waals surface area contributed by atoms with E-state index in [1.807, 2.05) is 0 Å². The van der Waals surface area contributed by atoms with Crippen LogP contribution in [0.3, 0.4) is 0 Å². The molecule has 0 saturated carbocycles. The standard InChI is InChI=1S/C11H11F3O2S/c1-3-8(15)7-4-5-10(17-2)9(6-7)16-11(12,13)14/h4-6H,3H2,1-2H3. The molecule has 0 aliphatic heterocycles. The molecule has 2 nitrogen and oxygen atoms in total. The molecule has 0 radical (unpaired) electrons. The first-order chi connectivity index (χ1) is 7.87. The normalized spacial score (nSPS) is 11.4. The van der Waals surface area contributed by atoms with Crippen LogP contribution < -0.4 is 4.74 Å². The van der Waals surface area contributed by atoms with Crippen molar-refractivity contribution in [1.29, 1.82) is 0 Å². The quantitative estimate of drug-likeness (QED) is 0.609. The highest BCUT2D eigenvalue weighted by Crippen LogP contribution is 2.33. The Morgan fingerprint density at radius 2 is 2.06 bits per heavy atom. The topological polar surface area (TPSA) is 26.3 Å². The van der Waals surface area contributed by atoms with Crippen LogP contribution in [-0.2, 0) is 0 Å². The second-order valence-electron chi connectivity index (χ2n) is 3.19. The predicted octanol–water partition coefficient (Wildman–Crippen LogP) is 3.90. The molecule has 1 rings (SSSR count). The van der Waals surface area contributed by atoms with E-state index < -0.39 is 6.36 Å². The van der Waals surface area contributed by atoms with Crippen molar-refractivity contribution in [2.75, 3.05) is 6.26 Å². The van der Waals surface area contributed by atoms with Crippen LogP contribution in [-0.4, -0.2) is 18.4 Å². The molecule has 94 valence electrons. The van der Waals surface area contributed by atoms with E-state index in [-0.39, 0.29) is 23.5 Å². The fourth-order valence-electron chi connectivity index (χ4n) is 1.26. The fraction of sp³-hybridized carbons (Fsp3) is 0.364. The molecule has 0 aliphatic carbocycles. The molecule has 0 aliphatic rings. The smallest absolute Gasteiger partial charge is 0.405 e. The van der Waals surface area contributed by atoms with Gasteiger partial charge in [-0.05, 0) is 18.4 Å². The molecule has 0 atom stereocenters. The highest BCUT2D eigenvalue weighted by atomic mass is 32.2. The van der Waals surface area contributed by atoms with E-state index in [0.29, 0.717) is 4.90 Å². The minimum atomic E-state index is -4.75. The summed E-state index contributed by atoms with van der Waals surface area (Å²) < 4.78 is 40.4. The number of hydrogen-bond donors (Lipinski definition) is 0. The number of thioether (sulfide) groups is 1. The first kappa shape index (κ1) is 13.9. The van der Waals surface area contributed by atoms with Gasteiger partial charge in [-0.2, -0.15) is 0 Å². The maximum absolute atomic E-state index is 12.2. The number of ether oxygens (including phenoxy) is 1. The SMILES string of the molecule is CCC(=O)c1ccc(SC)c(OC(F)(F)F)c1. The molecule has 0 amide bonds. The van der Waals surface area contributed by atoms with Crippen molar-refractivity contribution in [1.82, 2.24) is 0 Å². The Balaban J connectivity index is 3.11. The zero-order valence-electron chi connectivity index (χ0n) is 9.30. The summed E-state index contributed by atoms with van der Waals surface area (Å²) in [6.45, 7) is 1.65. The second kappa shape index (κ2) is 5.44. The summed E-state index contributed by atoms with van der Waals surface area (Å²) in [5.41, 5.74) is 0.226. The van der Waals surface area contributed by atoms with Crippen LogP contribution >= 0.6 is 11.8 Å². The molecule has 0 N–H and O–H groups in total. The Morgan fingerprint density at radius 1 is 1.41 bits per heavy atom. The second-order valence-corrected chi connectivity index (χ2v) is 4.04. The fourth-order valence-corrected chi connectivity index (χ4v) is 1.76. The summed E-state index contributed by atoms with van der Waals surface area (Å²) in [7, 11) is 0. The van der Waals surface area contributed by atoms with Gasteiger partial charge in [0.1, 0.15) is 5.75 Å². The summed E-state index contributed by atoms with van der Waals surface area (Å²) in [5, 5.41) is 0. The molecule has 0 heterocycles. The van der Waals surface area contributed by atoms with E-state index in [1.54, 1.807) is 13.2 Å². The van der Waals surface area contributed by atoms with Gasteiger partial charge < -0.3 is 4.74 Å². The molecule has 0 unspecified atom stereocenters. The molecule has 6 heteroatoms. The van der Waals surface area contributed by atoms with E-state index >= 15 is 0 Å². The average molecular weight is 264 g/mol. The molecule has 0 aromatic heterocycles. The largest absolute Gasteiger partial charge is 0.573 e. The van der Waals surface area contributed by atoms with Crippen molar-refractivity contribution >= 4 is 17.5 Å². The van der Waals surface area contributed by atoms with Crippen molar-refractivity contribution in [3.63, 3.8) is 0 Å². The number of ketones is 1. The zero-order chi connectivity index (χ0) is 13.1. The molecular formula is C11H11F3O2S. The Labute approximate surface area is 101 Å². The number of carbonyl (C=O) groups excluding carboxylic acids is 1. The number of rotatable bonds is 4. The van der Waals surface area contributed by atoms with Gasteiger partial charge >= 0.3 is 6.36 Å². The van der Waals surface area contributed by atoms with Crippen LogP contribution in [0.25, 0.3) is 0 Å². The Hall–Kier alpha value is -1.17. The summed E-state index contributed by atoms with van der Waals surface area (Å²) in [5.74, 6) is -0.547. The first-order valence-electron chi connectivity index (χ1n) is 4.84. The van der Waals surface area contributed by atoms with Crippen LogP contribution in [0.1, 0.15) is 23.7 Å². The lowest BCUT2D eigenvalue weighted by Crippen LogP contribution is -2.18. The van der Waals surface area contributed by atoms with Crippen LogP contribution in [0.15, 0.2) is 23.1 Å². The van der Waals surface area contributed by atoms with Gasteiger partial charge in [0.05, 0.1) is 0 Å². The summed E-state index contributed by atoms with van der Waals surface area (Å²) in [6.07, 6.45) is -2.87. The van der Waals surface area contributed by atoms with E-state index in [9.17, 15) is 18.0 Å². The molecular weight excluding hydrogens is 253 g/mol. The molecule has 1 aromatic carbocycles. The zero-order valence-corrected chi connectivity index (χ0v) is 10.1. The van der Waals surface area contributed by atoms with Crippen molar-refractivity contribution < 1.29 is 22.7 Å². The van der Waals surface area contributed by atoms with Gasteiger partial charge in [-0.3, -0.25) is 4.79 Å². The Morgan fingerprint density at radius 3 is 2.53 bits per heavy atom. The van der Waals surface area contributed by atoms with Crippen LogP contribution in [0, 0.1) is 0 Å². The van der Waals surface area contributed by atoms with Crippen molar-refractivity contribution in [3.05, 3.63) is 23.8 Å². The lowest BCUT2D eigenvalue weighted by atomic mass is 10.1. The van der Waals surface area contributed by atoms with Gasteiger partial charge in [0.25, 0.3) is 0 Å². The molecule has 0 bridgehead atoms. The maximum atomic E-state index is 12.2. The van der Waals surface area contributed by atoms with E-state index in [0.717, 1.165) is 17.8 Å². The highest BCUT2D eigenvalue weighted by molar-refractivity contribution is 7.98. The Bertz CT molecular complexity index is 416. The van der Waals surface area contributed by atoms with E-state index in [2.05, 4.69) is 4.74 Å². The Kier molecular flexibility index (Phi) is 4.45.